The maximum atomic E-state index is 5.39. The van der Waals surface area contributed by atoms with Crippen LogP contribution in [-0.4, -0.2) is 7.11 Å². The van der Waals surface area contributed by atoms with Crippen molar-refractivity contribution >= 4 is 11.1 Å². The van der Waals surface area contributed by atoms with E-state index in [1.165, 1.54) is 74.5 Å². The van der Waals surface area contributed by atoms with Crippen LogP contribution in [0.2, 0.25) is 0 Å². The number of rotatable bonds is 9. The Bertz CT molecular complexity index is 890. The predicted octanol–water partition coefficient (Wildman–Crippen LogP) is 8.32. The maximum absolute atomic E-state index is 5.39. The number of unbranched alkanes of at least 4 members (excludes halogenated alkanes) is 3. The quantitative estimate of drug-likeness (QED) is 0.384. The lowest BCUT2D eigenvalue weighted by Crippen LogP contribution is -2.24. The van der Waals surface area contributed by atoms with Gasteiger partial charge in [-0.3, -0.25) is 0 Å². The number of allylic oxidation sites excluding steroid dienone is 3. The Morgan fingerprint density at radius 3 is 2.50 bits per heavy atom. The van der Waals surface area contributed by atoms with Crippen LogP contribution >= 0.6 is 0 Å². The summed E-state index contributed by atoms with van der Waals surface area (Å²) < 4.78 is 5.39. The van der Waals surface area contributed by atoms with Gasteiger partial charge in [0.2, 0.25) is 0 Å². The van der Waals surface area contributed by atoms with Crippen molar-refractivity contribution in [3.8, 4) is 5.75 Å². The third-order valence-electron chi connectivity index (χ3n) is 7.48. The lowest BCUT2D eigenvalue weighted by molar-refractivity contribution is 0.406. The molecule has 1 nitrogen and oxygen atoms in total. The predicted molar refractivity (Wildman–Crippen MR) is 129 cm³/mol. The van der Waals surface area contributed by atoms with Crippen LogP contribution < -0.4 is 4.74 Å². The molecule has 1 saturated carbocycles. The molecule has 1 fully saturated rings. The zero-order valence-corrected chi connectivity index (χ0v) is 18.8. The fraction of sp³-hybridized carbons (Fsp3) is 0.448. The SMILES string of the molecule is C=C(c1ccc(OC)cc1)[C@@]12CCC[C@@H]1CC(CCCCCC)=C2c1ccccc1. The van der Waals surface area contributed by atoms with Gasteiger partial charge >= 0.3 is 0 Å². The first-order chi connectivity index (χ1) is 14.7. The van der Waals surface area contributed by atoms with Gasteiger partial charge in [0, 0.05) is 5.41 Å². The molecular formula is C29H36O. The minimum absolute atomic E-state index is 0.0933. The van der Waals surface area contributed by atoms with Crippen molar-refractivity contribution in [2.45, 2.75) is 64.7 Å². The molecule has 0 N–H and O–H groups in total. The highest BCUT2D eigenvalue weighted by Crippen LogP contribution is 2.66. The molecule has 2 aliphatic rings. The van der Waals surface area contributed by atoms with Crippen molar-refractivity contribution < 1.29 is 4.74 Å². The van der Waals surface area contributed by atoms with E-state index >= 15 is 0 Å². The van der Waals surface area contributed by atoms with Crippen LogP contribution in [0, 0.1) is 11.3 Å². The average Bonchev–Trinajstić information content (AvgIpc) is 3.33. The second-order valence-electron chi connectivity index (χ2n) is 9.13. The Morgan fingerprint density at radius 2 is 1.80 bits per heavy atom. The van der Waals surface area contributed by atoms with E-state index in [4.69, 9.17) is 11.3 Å². The molecule has 0 unspecified atom stereocenters. The van der Waals surface area contributed by atoms with Gasteiger partial charge in [-0.05, 0) is 72.4 Å². The molecule has 0 amide bonds. The summed E-state index contributed by atoms with van der Waals surface area (Å²) in [6, 6.07) is 19.7. The third kappa shape index (κ3) is 3.75. The molecule has 158 valence electrons. The molecule has 2 aromatic rings. The Morgan fingerprint density at radius 1 is 1.03 bits per heavy atom. The van der Waals surface area contributed by atoms with E-state index in [9.17, 15) is 0 Å². The molecule has 0 saturated heterocycles. The van der Waals surface area contributed by atoms with Crippen molar-refractivity contribution in [3.05, 3.63) is 77.9 Å². The van der Waals surface area contributed by atoms with Gasteiger partial charge in [-0.1, -0.05) is 87.2 Å². The van der Waals surface area contributed by atoms with E-state index in [1.807, 2.05) is 0 Å². The van der Waals surface area contributed by atoms with Crippen molar-refractivity contribution in [2.75, 3.05) is 7.11 Å². The molecule has 0 radical (unpaired) electrons. The van der Waals surface area contributed by atoms with Gasteiger partial charge in [0.1, 0.15) is 5.75 Å². The summed E-state index contributed by atoms with van der Waals surface area (Å²) in [5.41, 5.74) is 7.41. The van der Waals surface area contributed by atoms with Gasteiger partial charge in [0.15, 0.2) is 0 Å². The van der Waals surface area contributed by atoms with Crippen LogP contribution in [0.25, 0.3) is 11.1 Å². The van der Waals surface area contributed by atoms with Crippen LogP contribution in [0.4, 0.5) is 0 Å². The Labute approximate surface area is 182 Å². The van der Waals surface area contributed by atoms with Gasteiger partial charge in [-0.15, -0.1) is 0 Å². The summed E-state index contributed by atoms with van der Waals surface area (Å²) >= 11 is 0. The minimum atomic E-state index is 0.0933. The lowest BCUT2D eigenvalue weighted by Gasteiger charge is -2.36. The normalized spacial score (nSPS) is 22.9. The fourth-order valence-electron chi connectivity index (χ4n) is 6.05. The number of ether oxygens (including phenoxy) is 1. The average molecular weight is 401 g/mol. The molecule has 0 heterocycles. The molecule has 0 aromatic heterocycles. The van der Waals surface area contributed by atoms with Gasteiger partial charge in [0.05, 0.1) is 7.11 Å². The van der Waals surface area contributed by atoms with Crippen LogP contribution in [0.5, 0.6) is 5.75 Å². The summed E-state index contributed by atoms with van der Waals surface area (Å²) in [4.78, 5) is 0. The van der Waals surface area contributed by atoms with E-state index in [0.717, 1.165) is 5.75 Å². The number of hydrogen-bond donors (Lipinski definition) is 0. The Kier molecular flexibility index (Phi) is 6.46. The van der Waals surface area contributed by atoms with E-state index in [2.05, 4.69) is 61.5 Å². The summed E-state index contributed by atoms with van der Waals surface area (Å²) in [7, 11) is 1.73. The van der Waals surface area contributed by atoms with Crippen molar-refractivity contribution in [2.24, 2.45) is 11.3 Å². The molecule has 2 aliphatic carbocycles. The number of benzene rings is 2. The second kappa shape index (κ2) is 9.25. The van der Waals surface area contributed by atoms with Crippen molar-refractivity contribution in [3.63, 3.8) is 0 Å². The first-order valence-corrected chi connectivity index (χ1v) is 11.8. The zero-order chi connectivity index (χ0) is 21.0. The first-order valence-electron chi connectivity index (χ1n) is 11.8. The van der Waals surface area contributed by atoms with Gasteiger partial charge in [0.25, 0.3) is 0 Å². The van der Waals surface area contributed by atoms with E-state index < -0.39 is 0 Å². The first kappa shape index (κ1) is 21.0. The summed E-state index contributed by atoms with van der Waals surface area (Å²) in [6.45, 7) is 7.03. The molecule has 0 aliphatic heterocycles. The molecule has 0 bridgehead atoms. The van der Waals surface area contributed by atoms with Gasteiger partial charge in [-0.25, -0.2) is 0 Å². The zero-order valence-electron chi connectivity index (χ0n) is 18.8. The van der Waals surface area contributed by atoms with Crippen LogP contribution in [-0.2, 0) is 0 Å². The van der Waals surface area contributed by atoms with Crippen molar-refractivity contribution in [1.82, 2.24) is 0 Å². The molecule has 30 heavy (non-hydrogen) atoms. The van der Waals surface area contributed by atoms with Crippen LogP contribution in [0.1, 0.15) is 75.8 Å². The topological polar surface area (TPSA) is 9.23 Å². The molecule has 1 heteroatoms. The highest BCUT2D eigenvalue weighted by atomic mass is 16.5. The second-order valence-corrected chi connectivity index (χ2v) is 9.13. The number of methoxy groups -OCH3 is 1. The molecular weight excluding hydrogens is 364 g/mol. The summed E-state index contributed by atoms with van der Waals surface area (Å²) in [5, 5.41) is 0. The third-order valence-corrected chi connectivity index (χ3v) is 7.48. The number of hydrogen-bond acceptors (Lipinski definition) is 1. The molecule has 4 rings (SSSR count). The fourth-order valence-corrected chi connectivity index (χ4v) is 6.05. The molecule has 2 aromatic carbocycles. The Balaban J connectivity index is 1.75. The Hall–Kier alpha value is -2.28. The smallest absolute Gasteiger partial charge is 0.118 e. The highest BCUT2D eigenvalue weighted by Gasteiger charge is 2.52. The van der Waals surface area contributed by atoms with Crippen LogP contribution in [0.15, 0.2) is 66.7 Å². The largest absolute Gasteiger partial charge is 0.497 e. The van der Waals surface area contributed by atoms with E-state index in [-0.39, 0.29) is 5.41 Å². The molecule has 0 spiro atoms. The van der Waals surface area contributed by atoms with Gasteiger partial charge < -0.3 is 4.74 Å². The summed E-state index contributed by atoms with van der Waals surface area (Å²) in [6.07, 6.45) is 11.7. The van der Waals surface area contributed by atoms with Crippen LogP contribution in [0.3, 0.4) is 0 Å². The minimum Gasteiger partial charge on any atom is -0.497 e. The van der Waals surface area contributed by atoms with Crippen molar-refractivity contribution in [1.29, 1.82) is 0 Å². The molecule has 2 atom stereocenters. The monoisotopic (exact) mass is 400 g/mol. The highest BCUT2D eigenvalue weighted by molar-refractivity contribution is 5.90. The number of fused-ring (bicyclic) bond motifs is 1. The van der Waals surface area contributed by atoms with E-state index in [0.29, 0.717) is 5.92 Å². The van der Waals surface area contributed by atoms with E-state index in [1.54, 1.807) is 18.3 Å². The lowest BCUT2D eigenvalue weighted by atomic mass is 9.66. The van der Waals surface area contributed by atoms with Gasteiger partial charge in [-0.2, -0.15) is 0 Å². The summed E-state index contributed by atoms with van der Waals surface area (Å²) in [5.74, 6) is 1.61. The maximum Gasteiger partial charge on any atom is 0.118 e. The standard InChI is InChI=1S/C29H36O/c1-4-5-6-8-14-25-21-26-15-11-20-29(26,28(25)24-12-9-7-10-13-24)22(2)23-16-18-27(30-3)19-17-23/h7,9-10,12-13,16-19,26H,2,4-6,8,11,14-15,20-21H2,1,3H3/t26-,29+/m1/s1.